The Morgan fingerprint density at radius 1 is 1.24 bits per heavy atom. The highest BCUT2D eigenvalue weighted by atomic mass is 16.5. The molecule has 1 unspecified atom stereocenters. The molecular formula is C20H27N5O4. The summed E-state index contributed by atoms with van der Waals surface area (Å²) in [5.41, 5.74) is 0.815. The highest BCUT2D eigenvalue weighted by Gasteiger charge is 2.23. The van der Waals surface area contributed by atoms with Gasteiger partial charge in [-0.2, -0.15) is 5.26 Å². The van der Waals surface area contributed by atoms with Crippen molar-refractivity contribution in [1.29, 1.82) is 5.26 Å². The first-order valence-electron chi connectivity index (χ1n) is 9.60. The van der Waals surface area contributed by atoms with Gasteiger partial charge in [0.15, 0.2) is 0 Å². The molecule has 1 heterocycles. The zero-order chi connectivity index (χ0) is 21.2. The molecule has 0 saturated carbocycles. The molecule has 4 amide bonds. The van der Waals surface area contributed by atoms with Gasteiger partial charge in [0, 0.05) is 24.3 Å². The van der Waals surface area contributed by atoms with Crippen LogP contribution in [0.1, 0.15) is 30.6 Å². The molecule has 1 fully saturated rings. The van der Waals surface area contributed by atoms with Crippen LogP contribution in [0.2, 0.25) is 0 Å². The molecule has 29 heavy (non-hydrogen) atoms. The smallest absolute Gasteiger partial charge is 0.321 e. The zero-order valence-electron chi connectivity index (χ0n) is 16.7. The Hall–Kier alpha value is -3.12. The maximum absolute atomic E-state index is 12.7. The standard InChI is InChI=1S/C20H27N5O4/c1-14(2)12-17(19(27)22-7-6-21)24-18(26)15-4-3-5-16(13-15)23-20(28)25-8-10-29-11-9-25/h3-5,13-14,17H,7-12H2,1-2H3,(H,22,27)(H,23,28)(H,24,26). The van der Waals surface area contributed by atoms with E-state index in [4.69, 9.17) is 10.00 Å². The molecule has 0 bridgehead atoms. The molecule has 0 aromatic heterocycles. The van der Waals surface area contributed by atoms with E-state index in [1.807, 2.05) is 19.9 Å². The minimum absolute atomic E-state index is 0.119. The van der Waals surface area contributed by atoms with Gasteiger partial charge in [0.2, 0.25) is 5.91 Å². The number of carbonyl (C=O) groups excluding carboxylic acids is 3. The number of amides is 4. The molecule has 3 N–H and O–H groups in total. The Labute approximate surface area is 170 Å². The van der Waals surface area contributed by atoms with E-state index in [-0.39, 0.29) is 18.5 Å². The predicted octanol–water partition coefficient (Wildman–Crippen LogP) is 1.33. The van der Waals surface area contributed by atoms with E-state index in [1.54, 1.807) is 29.2 Å². The molecule has 1 atom stereocenters. The van der Waals surface area contributed by atoms with E-state index in [0.29, 0.717) is 44.0 Å². The minimum atomic E-state index is -0.748. The number of hydrogen-bond acceptors (Lipinski definition) is 5. The molecule has 9 heteroatoms. The number of urea groups is 1. The number of nitrogens with zero attached hydrogens (tertiary/aromatic N) is 2. The molecule has 0 aliphatic carbocycles. The fraction of sp³-hybridized carbons (Fsp3) is 0.500. The number of ether oxygens (including phenoxy) is 1. The van der Waals surface area contributed by atoms with E-state index in [1.165, 1.54) is 0 Å². The fourth-order valence-electron chi connectivity index (χ4n) is 2.90. The van der Waals surface area contributed by atoms with Gasteiger partial charge in [0.25, 0.3) is 5.91 Å². The topological polar surface area (TPSA) is 124 Å². The predicted molar refractivity (Wildman–Crippen MR) is 107 cm³/mol. The first-order valence-corrected chi connectivity index (χ1v) is 9.60. The highest BCUT2D eigenvalue weighted by molar-refractivity contribution is 5.99. The summed E-state index contributed by atoms with van der Waals surface area (Å²) in [6.45, 7) is 5.80. The normalized spacial score (nSPS) is 14.6. The first-order chi connectivity index (χ1) is 13.9. The van der Waals surface area contributed by atoms with Gasteiger partial charge in [-0.1, -0.05) is 19.9 Å². The zero-order valence-corrected chi connectivity index (χ0v) is 16.7. The van der Waals surface area contributed by atoms with Crippen molar-refractivity contribution >= 4 is 23.5 Å². The second-order valence-corrected chi connectivity index (χ2v) is 7.14. The van der Waals surface area contributed by atoms with E-state index in [0.717, 1.165) is 0 Å². The lowest BCUT2D eigenvalue weighted by Crippen LogP contribution is -2.47. The molecule has 1 aromatic rings. The largest absolute Gasteiger partial charge is 0.378 e. The molecule has 1 saturated heterocycles. The summed E-state index contributed by atoms with van der Waals surface area (Å²) in [7, 11) is 0. The molecular weight excluding hydrogens is 374 g/mol. The van der Waals surface area contributed by atoms with Crippen molar-refractivity contribution in [2.75, 3.05) is 38.2 Å². The van der Waals surface area contributed by atoms with Crippen molar-refractivity contribution in [2.45, 2.75) is 26.3 Å². The number of nitriles is 1. The molecule has 1 aliphatic heterocycles. The molecule has 1 aliphatic rings. The van der Waals surface area contributed by atoms with Crippen LogP contribution in [0.3, 0.4) is 0 Å². The average molecular weight is 401 g/mol. The van der Waals surface area contributed by atoms with Gasteiger partial charge < -0.3 is 25.6 Å². The van der Waals surface area contributed by atoms with Crippen LogP contribution in [-0.4, -0.2) is 61.6 Å². The molecule has 156 valence electrons. The van der Waals surface area contributed by atoms with Crippen LogP contribution in [0.4, 0.5) is 10.5 Å². The summed E-state index contributed by atoms with van der Waals surface area (Å²) in [6, 6.07) is 7.38. The van der Waals surface area contributed by atoms with Crippen LogP contribution in [0.5, 0.6) is 0 Å². The van der Waals surface area contributed by atoms with Gasteiger partial charge in [0.1, 0.15) is 12.6 Å². The van der Waals surface area contributed by atoms with Crippen LogP contribution < -0.4 is 16.0 Å². The number of carbonyl (C=O) groups is 3. The first kappa shape index (κ1) is 22.2. The molecule has 0 radical (unpaired) electrons. The number of anilines is 1. The van der Waals surface area contributed by atoms with Crippen molar-refractivity contribution in [3.8, 4) is 6.07 Å². The lowest BCUT2D eigenvalue weighted by Gasteiger charge is -2.27. The third kappa shape index (κ3) is 7.08. The number of morpholine rings is 1. The van der Waals surface area contributed by atoms with E-state index in [2.05, 4.69) is 16.0 Å². The van der Waals surface area contributed by atoms with Gasteiger partial charge in [-0.3, -0.25) is 9.59 Å². The van der Waals surface area contributed by atoms with Gasteiger partial charge in [-0.25, -0.2) is 4.79 Å². The SMILES string of the molecule is CC(C)CC(NC(=O)c1cccc(NC(=O)N2CCOCC2)c1)C(=O)NCC#N. The van der Waals surface area contributed by atoms with Crippen LogP contribution >= 0.6 is 0 Å². The molecule has 9 nitrogen and oxygen atoms in total. The van der Waals surface area contributed by atoms with Crippen molar-refractivity contribution in [3.05, 3.63) is 29.8 Å². The molecule has 1 aromatic carbocycles. The quantitative estimate of drug-likeness (QED) is 0.595. The third-order valence-electron chi connectivity index (χ3n) is 4.34. The van der Waals surface area contributed by atoms with Gasteiger partial charge in [-0.05, 0) is 30.5 Å². The van der Waals surface area contributed by atoms with Crippen LogP contribution in [0.25, 0.3) is 0 Å². The van der Waals surface area contributed by atoms with Crippen molar-refractivity contribution in [2.24, 2.45) is 5.92 Å². The van der Waals surface area contributed by atoms with Crippen LogP contribution in [0.15, 0.2) is 24.3 Å². The minimum Gasteiger partial charge on any atom is -0.378 e. The van der Waals surface area contributed by atoms with E-state index in [9.17, 15) is 14.4 Å². The summed E-state index contributed by atoms with van der Waals surface area (Å²) < 4.78 is 5.23. The molecule has 2 rings (SSSR count). The van der Waals surface area contributed by atoms with Gasteiger partial charge in [0.05, 0.1) is 19.3 Å². The maximum Gasteiger partial charge on any atom is 0.321 e. The number of rotatable bonds is 7. The summed E-state index contributed by atoms with van der Waals surface area (Å²) in [4.78, 5) is 38.9. The Morgan fingerprint density at radius 2 is 1.97 bits per heavy atom. The van der Waals surface area contributed by atoms with Gasteiger partial charge in [-0.15, -0.1) is 0 Å². The summed E-state index contributed by atoms with van der Waals surface area (Å²) >= 11 is 0. The Kier molecular flexibility index (Phi) is 8.43. The van der Waals surface area contributed by atoms with E-state index >= 15 is 0 Å². The Morgan fingerprint density at radius 3 is 2.62 bits per heavy atom. The van der Waals surface area contributed by atoms with Crippen molar-refractivity contribution in [1.82, 2.24) is 15.5 Å². The summed E-state index contributed by atoms with van der Waals surface area (Å²) in [6.07, 6.45) is 0.441. The van der Waals surface area contributed by atoms with Crippen LogP contribution in [0, 0.1) is 17.2 Å². The summed E-state index contributed by atoms with van der Waals surface area (Å²) in [5.74, 6) is -0.650. The lowest BCUT2D eigenvalue weighted by atomic mass is 10.0. The summed E-state index contributed by atoms with van der Waals surface area (Å²) in [5, 5.41) is 16.6. The second-order valence-electron chi connectivity index (χ2n) is 7.14. The molecule has 0 spiro atoms. The fourth-order valence-corrected chi connectivity index (χ4v) is 2.90. The van der Waals surface area contributed by atoms with Gasteiger partial charge >= 0.3 is 6.03 Å². The Bertz CT molecular complexity index is 768. The van der Waals surface area contributed by atoms with E-state index < -0.39 is 17.9 Å². The van der Waals surface area contributed by atoms with Crippen molar-refractivity contribution in [3.63, 3.8) is 0 Å². The highest BCUT2D eigenvalue weighted by Crippen LogP contribution is 2.13. The Balaban J connectivity index is 2.03. The average Bonchev–Trinajstić information content (AvgIpc) is 2.72. The number of hydrogen-bond donors (Lipinski definition) is 3. The monoisotopic (exact) mass is 401 g/mol. The van der Waals surface area contributed by atoms with Crippen LogP contribution in [-0.2, 0) is 9.53 Å². The van der Waals surface area contributed by atoms with Crippen molar-refractivity contribution < 1.29 is 19.1 Å². The maximum atomic E-state index is 12.7. The second kappa shape index (κ2) is 11.0. The number of nitrogens with one attached hydrogen (secondary N) is 3. The number of benzene rings is 1. The third-order valence-corrected chi connectivity index (χ3v) is 4.34. The lowest BCUT2D eigenvalue weighted by molar-refractivity contribution is -0.123.